The van der Waals surface area contributed by atoms with Crippen molar-refractivity contribution in [2.45, 2.75) is 44.8 Å². The van der Waals surface area contributed by atoms with Crippen LogP contribution in [0.4, 0.5) is 0 Å². The van der Waals surface area contributed by atoms with Crippen LogP contribution in [0.1, 0.15) is 37.7 Å². The van der Waals surface area contributed by atoms with Gasteiger partial charge in [0.1, 0.15) is 0 Å². The molecule has 3 rings (SSSR count). The Morgan fingerprint density at radius 3 is 3.10 bits per heavy atom. The number of aromatic nitrogens is 1. The molecule has 3 heteroatoms. The fourth-order valence-electron chi connectivity index (χ4n) is 2.83. The van der Waals surface area contributed by atoms with Gasteiger partial charge >= 0.3 is 0 Å². The van der Waals surface area contributed by atoms with Gasteiger partial charge in [-0.3, -0.25) is 0 Å². The molecule has 0 bridgehead atoms. The van der Waals surface area contributed by atoms with Crippen molar-refractivity contribution in [1.82, 2.24) is 4.98 Å². The van der Waals surface area contributed by atoms with Crippen LogP contribution in [0.3, 0.4) is 0 Å². The van der Waals surface area contributed by atoms with Crippen LogP contribution in [0.2, 0.25) is 0 Å². The smallest absolute Gasteiger partial charge is 0.157 e. The van der Waals surface area contributed by atoms with Crippen molar-refractivity contribution in [3.8, 4) is 0 Å². The number of aryl methyl sites for hydroxylation is 1. The Morgan fingerprint density at radius 1 is 1.20 bits per heavy atom. The Kier molecular flexibility index (Phi) is 4.72. The van der Waals surface area contributed by atoms with Crippen LogP contribution in [-0.2, 0) is 15.9 Å². The summed E-state index contributed by atoms with van der Waals surface area (Å²) in [7, 11) is 0. The Bertz CT molecular complexity index is 529. The molecule has 0 spiro atoms. The van der Waals surface area contributed by atoms with Gasteiger partial charge in [-0.05, 0) is 55.5 Å². The molecule has 1 aromatic heterocycles. The number of unbranched alkanes of at least 4 members (excludes halogenated alkanes) is 1. The van der Waals surface area contributed by atoms with E-state index in [4.69, 9.17) is 9.47 Å². The minimum Gasteiger partial charge on any atom is -0.361 e. The first-order chi connectivity index (χ1) is 9.93. The molecule has 0 saturated carbocycles. The molecule has 0 amide bonds. The first-order valence-corrected chi connectivity index (χ1v) is 7.72. The lowest BCUT2D eigenvalue weighted by Crippen LogP contribution is -2.22. The van der Waals surface area contributed by atoms with E-state index in [0.717, 1.165) is 38.9 Å². The Balaban J connectivity index is 1.40. The van der Waals surface area contributed by atoms with E-state index in [2.05, 4.69) is 29.2 Å². The minimum absolute atomic E-state index is 0.0515. The molecule has 1 N–H and O–H groups in total. The van der Waals surface area contributed by atoms with Gasteiger partial charge in [0.25, 0.3) is 0 Å². The zero-order valence-electron chi connectivity index (χ0n) is 11.9. The predicted molar refractivity (Wildman–Crippen MR) is 80.8 cm³/mol. The van der Waals surface area contributed by atoms with Gasteiger partial charge in [-0.1, -0.05) is 18.2 Å². The van der Waals surface area contributed by atoms with E-state index in [1.54, 1.807) is 0 Å². The van der Waals surface area contributed by atoms with Gasteiger partial charge in [-0.15, -0.1) is 0 Å². The first-order valence-electron chi connectivity index (χ1n) is 7.72. The van der Waals surface area contributed by atoms with Crippen molar-refractivity contribution in [2.24, 2.45) is 0 Å². The molecule has 0 radical (unpaired) electrons. The highest BCUT2D eigenvalue weighted by Gasteiger charge is 2.13. The van der Waals surface area contributed by atoms with Gasteiger partial charge in [0.15, 0.2) is 6.29 Å². The summed E-state index contributed by atoms with van der Waals surface area (Å²) in [6.45, 7) is 1.67. The monoisotopic (exact) mass is 273 g/mol. The van der Waals surface area contributed by atoms with Gasteiger partial charge in [-0.25, -0.2) is 0 Å². The Labute approximate surface area is 120 Å². The molecular weight excluding hydrogens is 250 g/mol. The van der Waals surface area contributed by atoms with Crippen molar-refractivity contribution >= 4 is 10.9 Å². The maximum atomic E-state index is 5.76. The van der Waals surface area contributed by atoms with Crippen LogP contribution in [0.15, 0.2) is 30.5 Å². The van der Waals surface area contributed by atoms with Crippen molar-refractivity contribution in [2.75, 3.05) is 13.2 Å². The average Bonchev–Trinajstić information content (AvgIpc) is 2.97. The molecule has 1 aliphatic heterocycles. The quantitative estimate of drug-likeness (QED) is 0.806. The second-order valence-electron chi connectivity index (χ2n) is 5.48. The average molecular weight is 273 g/mol. The molecule has 1 aromatic carbocycles. The molecule has 1 atom stereocenters. The third-order valence-electron chi connectivity index (χ3n) is 3.96. The van der Waals surface area contributed by atoms with Gasteiger partial charge in [-0.2, -0.15) is 0 Å². The molecule has 1 unspecified atom stereocenters. The first kappa shape index (κ1) is 13.7. The summed E-state index contributed by atoms with van der Waals surface area (Å²) in [6, 6.07) is 8.63. The zero-order valence-corrected chi connectivity index (χ0v) is 11.9. The van der Waals surface area contributed by atoms with E-state index in [9.17, 15) is 0 Å². The molecule has 1 fully saturated rings. The largest absolute Gasteiger partial charge is 0.361 e. The summed E-state index contributed by atoms with van der Waals surface area (Å²) in [6.07, 6.45) is 8.89. The predicted octanol–water partition coefficient (Wildman–Crippen LogP) is 4.03. The normalized spacial score (nSPS) is 19.5. The van der Waals surface area contributed by atoms with E-state index < -0.39 is 0 Å². The van der Waals surface area contributed by atoms with E-state index in [1.807, 2.05) is 6.20 Å². The number of ether oxygens (including phenoxy) is 2. The van der Waals surface area contributed by atoms with Crippen LogP contribution >= 0.6 is 0 Å². The van der Waals surface area contributed by atoms with E-state index in [1.165, 1.54) is 29.3 Å². The fraction of sp³-hybridized carbons (Fsp3) is 0.529. The second kappa shape index (κ2) is 6.91. The van der Waals surface area contributed by atoms with Gasteiger partial charge in [0.05, 0.1) is 0 Å². The summed E-state index contributed by atoms with van der Waals surface area (Å²) in [5.74, 6) is 0. The third-order valence-corrected chi connectivity index (χ3v) is 3.96. The molecule has 0 aliphatic carbocycles. The highest BCUT2D eigenvalue weighted by Crippen LogP contribution is 2.19. The third kappa shape index (κ3) is 3.41. The zero-order chi connectivity index (χ0) is 13.6. The lowest BCUT2D eigenvalue weighted by Gasteiger charge is -2.22. The number of benzene rings is 1. The summed E-state index contributed by atoms with van der Waals surface area (Å²) in [5, 5.41) is 1.30. The summed E-state index contributed by atoms with van der Waals surface area (Å²) >= 11 is 0. The van der Waals surface area contributed by atoms with E-state index in [0.29, 0.717) is 0 Å². The summed E-state index contributed by atoms with van der Waals surface area (Å²) in [4.78, 5) is 3.33. The van der Waals surface area contributed by atoms with Crippen LogP contribution in [0.5, 0.6) is 0 Å². The maximum Gasteiger partial charge on any atom is 0.157 e. The van der Waals surface area contributed by atoms with Gasteiger partial charge in [0, 0.05) is 24.9 Å². The van der Waals surface area contributed by atoms with Crippen molar-refractivity contribution in [3.05, 3.63) is 36.0 Å². The number of fused-ring (bicyclic) bond motifs is 1. The molecule has 2 aromatic rings. The molecular formula is C17H23NO2. The maximum absolute atomic E-state index is 5.76. The van der Waals surface area contributed by atoms with Gasteiger partial charge < -0.3 is 14.5 Å². The standard InChI is InChI=1S/C17H23NO2/c1(3-12-19-16-9-2-4-13-20-16)6-14-7-5-8-15-10-11-18-17(14)15/h5,7-8,10-11,16,18H,1-4,6,9,12-13H2. The lowest BCUT2D eigenvalue weighted by atomic mass is 10.1. The topological polar surface area (TPSA) is 34.2 Å². The highest BCUT2D eigenvalue weighted by molar-refractivity contribution is 5.82. The number of hydrogen-bond donors (Lipinski definition) is 1. The molecule has 108 valence electrons. The number of para-hydroxylation sites is 1. The number of H-pyrrole nitrogens is 1. The van der Waals surface area contributed by atoms with Crippen LogP contribution in [-0.4, -0.2) is 24.5 Å². The number of nitrogens with one attached hydrogen (secondary N) is 1. The Morgan fingerprint density at radius 2 is 2.20 bits per heavy atom. The second-order valence-corrected chi connectivity index (χ2v) is 5.48. The van der Waals surface area contributed by atoms with E-state index >= 15 is 0 Å². The van der Waals surface area contributed by atoms with Crippen LogP contribution in [0, 0.1) is 0 Å². The number of hydrogen-bond acceptors (Lipinski definition) is 2. The molecule has 20 heavy (non-hydrogen) atoms. The number of rotatable bonds is 6. The fourth-order valence-corrected chi connectivity index (χ4v) is 2.83. The van der Waals surface area contributed by atoms with Crippen LogP contribution < -0.4 is 0 Å². The van der Waals surface area contributed by atoms with Crippen LogP contribution in [0.25, 0.3) is 10.9 Å². The molecule has 1 saturated heterocycles. The van der Waals surface area contributed by atoms with E-state index in [-0.39, 0.29) is 6.29 Å². The molecule has 1 aliphatic rings. The van der Waals surface area contributed by atoms with Gasteiger partial charge in [0.2, 0.25) is 0 Å². The molecule has 3 nitrogen and oxygen atoms in total. The molecule has 2 heterocycles. The number of aromatic amines is 1. The van der Waals surface area contributed by atoms with Crippen molar-refractivity contribution in [3.63, 3.8) is 0 Å². The highest BCUT2D eigenvalue weighted by atomic mass is 16.7. The SMILES string of the molecule is c1cc(CCCCOC2CCCCO2)c2[nH]ccc2c1. The summed E-state index contributed by atoms with van der Waals surface area (Å²) in [5.41, 5.74) is 2.69. The summed E-state index contributed by atoms with van der Waals surface area (Å²) < 4.78 is 11.3. The van der Waals surface area contributed by atoms with Crippen molar-refractivity contribution in [1.29, 1.82) is 0 Å². The Hall–Kier alpha value is -1.32. The van der Waals surface area contributed by atoms with Crippen molar-refractivity contribution < 1.29 is 9.47 Å². The lowest BCUT2D eigenvalue weighted by molar-refractivity contribution is -0.162. The minimum atomic E-state index is 0.0515.